The van der Waals surface area contributed by atoms with Crippen LogP contribution in [0.1, 0.15) is 71.9 Å². The van der Waals surface area contributed by atoms with Gasteiger partial charge in [0.25, 0.3) is 11.8 Å². The predicted octanol–water partition coefficient (Wildman–Crippen LogP) is 0.797. The highest BCUT2D eigenvalue weighted by atomic mass is 16.2. The molecule has 3 aliphatic rings. The summed E-state index contributed by atoms with van der Waals surface area (Å²) in [4.78, 5) is 65.3. The van der Waals surface area contributed by atoms with E-state index in [1.54, 1.807) is 43.1 Å². The number of piperidine rings is 2. The van der Waals surface area contributed by atoms with Crippen LogP contribution in [0.2, 0.25) is 0 Å². The second kappa shape index (κ2) is 9.67. The number of anilines is 1. The van der Waals surface area contributed by atoms with Crippen molar-refractivity contribution in [3.63, 3.8) is 0 Å². The Balaban J connectivity index is 1.24. The Morgan fingerprint density at radius 3 is 2.55 bits per heavy atom. The minimum absolute atomic E-state index is 0.0547. The highest BCUT2D eigenvalue weighted by molar-refractivity contribution is 6.25. The molecule has 12 nitrogen and oxygen atoms in total. The van der Waals surface area contributed by atoms with Gasteiger partial charge in [0.2, 0.25) is 17.7 Å². The molecule has 1 aromatic carbocycles. The number of likely N-dealkylation sites (tertiary alicyclic amines) is 1. The zero-order valence-corrected chi connectivity index (χ0v) is 21.4. The molecule has 200 valence electrons. The summed E-state index contributed by atoms with van der Waals surface area (Å²) in [5.41, 5.74) is 6.89. The van der Waals surface area contributed by atoms with Crippen LogP contribution in [0.4, 0.5) is 5.69 Å². The molecule has 0 saturated carbocycles. The summed E-state index contributed by atoms with van der Waals surface area (Å²) in [6.45, 7) is 5.04. The van der Waals surface area contributed by atoms with E-state index in [9.17, 15) is 24.0 Å². The topological polar surface area (TPSA) is 160 Å². The molecule has 0 spiro atoms. The number of fused-ring (bicyclic) bond motifs is 1. The normalized spacial score (nSPS) is 20.6. The molecule has 12 heteroatoms. The summed E-state index contributed by atoms with van der Waals surface area (Å²) in [5.74, 6) is -2.20. The van der Waals surface area contributed by atoms with Crippen LogP contribution in [0.3, 0.4) is 0 Å². The number of rotatable bonds is 6. The highest BCUT2D eigenvalue weighted by Crippen LogP contribution is 2.32. The number of carbonyl (C=O) groups is 5. The minimum atomic E-state index is -1.01. The summed E-state index contributed by atoms with van der Waals surface area (Å²) in [6.07, 6.45) is 5.41. The first-order valence-electron chi connectivity index (χ1n) is 12.7. The standard InChI is InChI=1S/C26H31N7O5/c1-26(2,27)25(38)31-10-8-16(9-11-31)32-14-15(13-29-32)12-28-18-5-3-4-17-21(18)24(37)33(23(17)36)19-6-7-20(34)30-22(19)35/h3-5,13-14,16,19,28H,6-12,27H2,1-2H3,(H,30,34,35). The van der Waals surface area contributed by atoms with E-state index in [0.29, 0.717) is 25.3 Å². The van der Waals surface area contributed by atoms with Crippen molar-refractivity contribution >= 4 is 35.2 Å². The summed E-state index contributed by atoms with van der Waals surface area (Å²) in [6, 6.07) is 4.11. The maximum Gasteiger partial charge on any atom is 0.264 e. The molecule has 1 atom stereocenters. The summed E-state index contributed by atoms with van der Waals surface area (Å²) in [7, 11) is 0. The third-order valence-electron chi connectivity index (χ3n) is 7.28. The van der Waals surface area contributed by atoms with Gasteiger partial charge < -0.3 is 16.0 Å². The van der Waals surface area contributed by atoms with E-state index in [2.05, 4.69) is 15.7 Å². The number of amides is 5. The molecule has 5 rings (SSSR count). The van der Waals surface area contributed by atoms with Gasteiger partial charge in [-0.25, -0.2) is 0 Å². The van der Waals surface area contributed by atoms with Gasteiger partial charge in [0.05, 0.1) is 28.9 Å². The van der Waals surface area contributed by atoms with Crippen molar-refractivity contribution in [1.82, 2.24) is 24.9 Å². The number of benzene rings is 1. The van der Waals surface area contributed by atoms with Gasteiger partial charge in [0.15, 0.2) is 0 Å². The molecule has 0 radical (unpaired) electrons. The lowest BCUT2D eigenvalue weighted by Gasteiger charge is -2.35. The van der Waals surface area contributed by atoms with Gasteiger partial charge in [-0.2, -0.15) is 5.10 Å². The number of carbonyl (C=O) groups excluding carboxylic acids is 5. The molecule has 4 heterocycles. The molecule has 4 N–H and O–H groups in total. The van der Waals surface area contributed by atoms with Gasteiger partial charge in [0.1, 0.15) is 6.04 Å². The Kier molecular flexibility index (Phi) is 6.51. The maximum atomic E-state index is 13.3. The summed E-state index contributed by atoms with van der Waals surface area (Å²) in [5, 5.41) is 9.94. The third-order valence-corrected chi connectivity index (χ3v) is 7.28. The van der Waals surface area contributed by atoms with Crippen molar-refractivity contribution in [1.29, 1.82) is 0 Å². The number of aromatic nitrogens is 2. The summed E-state index contributed by atoms with van der Waals surface area (Å²) >= 11 is 0. The van der Waals surface area contributed by atoms with E-state index >= 15 is 0 Å². The Morgan fingerprint density at radius 1 is 1.13 bits per heavy atom. The monoisotopic (exact) mass is 521 g/mol. The van der Waals surface area contributed by atoms with Crippen molar-refractivity contribution in [2.75, 3.05) is 18.4 Å². The minimum Gasteiger partial charge on any atom is -0.380 e. The zero-order valence-electron chi connectivity index (χ0n) is 21.4. The van der Waals surface area contributed by atoms with Gasteiger partial charge in [-0.3, -0.25) is 38.9 Å². The van der Waals surface area contributed by atoms with Crippen molar-refractivity contribution in [2.45, 2.75) is 63.7 Å². The van der Waals surface area contributed by atoms with Gasteiger partial charge in [-0.15, -0.1) is 0 Å². The SMILES string of the molecule is CC(C)(N)C(=O)N1CCC(n2cc(CNc3cccc4c3C(=O)N(C3CCC(=O)NC3=O)C4=O)cn2)CC1. The van der Waals surface area contributed by atoms with Crippen LogP contribution in [0.25, 0.3) is 0 Å². The zero-order chi connectivity index (χ0) is 27.2. The second-order valence-electron chi connectivity index (χ2n) is 10.6. The lowest BCUT2D eigenvalue weighted by atomic mass is 10.0. The molecule has 2 aromatic rings. The second-order valence-corrected chi connectivity index (χ2v) is 10.6. The number of nitrogens with one attached hydrogen (secondary N) is 2. The number of hydrogen-bond donors (Lipinski definition) is 3. The fourth-order valence-corrected chi connectivity index (χ4v) is 5.27. The number of nitrogens with zero attached hydrogens (tertiary/aromatic N) is 4. The van der Waals surface area contributed by atoms with Crippen LogP contribution >= 0.6 is 0 Å². The first kappa shape index (κ1) is 25.6. The van der Waals surface area contributed by atoms with Crippen LogP contribution in [-0.4, -0.2) is 73.8 Å². The number of nitrogens with two attached hydrogens (primary N) is 1. The molecule has 2 fully saturated rings. The van der Waals surface area contributed by atoms with Gasteiger partial charge in [-0.1, -0.05) is 6.07 Å². The van der Waals surface area contributed by atoms with Crippen molar-refractivity contribution in [3.05, 3.63) is 47.3 Å². The Labute approximate surface area is 219 Å². The number of hydrogen-bond acceptors (Lipinski definition) is 8. The quantitative estimate of drug-likeness (QED) is 0.471. The molecular weight excluding hydrogens is 490 g/mol. The molecule has 3 aliphatic heterocycles. The lowest BCUT2D eigenvalue weighted by Crippen LogP contribution is -2.54. The van der Waals surface area contributed by atoms with E-state index in [4.69, 9.17) is 5.73 Å². The average Bonchev–Trinajstić information content (AvgIpc) is 3.45. The molecule has 38 heavy (non-hydrogen) atoms. The largest absolute Gasteiger partial charge is 0.380 e. The van der Waals surface area contributed by atoms with Gasteiger partial charge in [0, 0.05) is 43.5 Å². The van der Waals surface area contributed by atoms with Crippen LogP contribution in [0.5, 0.6) is 0 Å². The number of imide groups is 2. The molecular formula is C26H31N7O5. The Bertz CT molecular complexity index is 1320. The molecule has 5 amide bonds. The van der Waals surface area contributed by atoms with Gasteiger partial charge in [-0.05, 0) is 45.2 Å². The molecule has 0 aliphatic carbocycles. The van der Waals surface area contributed by atoms with Crippen molar-refractivity contribution in [3.8, 4) is 0 Å². The molecule has 1 aromatic heterocycles. The van der Waals surface area contributed by atoms with Crippen LogP contribution < -0.4 is 16.4 Å². The van der Waals surface area contributed by atoms with Crippen LogP contribution in [0.15, 0.2) is 30.6 Å². The third kappa shape index (κ3) is 4.67. The Morgan fingerprint density at radius 2 is 1.87 bits per heavy atom. The van der Waals surface area contributed by atoms with E-state index < -0.39 is 35.2 Å². The molecule has 2 saturated heterocycles. The highest BCUT2D eigenvalue weighted by Gasteiger charge is 2.45. The van der Waals surface area contributed by atoms with Crippen LogP contribution in [-0.2, 0) is 20.9 Å². The average molecular weight is 522 g/mol. The first-order chi connectivity index (χ1) is 18.0. The summed E-state index contributed by atoms with van der Waals surface area (Å²) < 4.78 is 1.90. The smallest absolute Gasteiger partial charge is 0.264 e. The fraction of sp³-hybridized carbons (Fsp3) is 0.462. The van der Waals surface area contributed by atoms with Gasteiger partial charge >= 0.3 is 0 Å². The van der Waals surface area contributed by atoms with Crippen LogP contribution in [0, 0.1) is 0 Å². The molecule has 0 bridgehead atoms. The maximum absolute atomic E-state index is 13.3. The molecule has 1 unspecified atom stereocenters. The first-order valence-corrected chi connectivity index (χ1v) is 12.7. The van der Waals surface area contributed by atoms with E-state index in [-0.39, 0.29) is 35.9 Å². The van der Waals surface area contributed by atoms with E-state index in [0.717, 1.165) is 23.3 Å². The predicted molar refractivity (Wildman–Crippen MR) is 136 cm³/mol. The lowest BCUT2D eigenvalue weighted by molar-refractivity contribution is -0.137. The van der Waals surface area contributed by atoms with Crippen molar-refractivity contribution < 1.29 is 24.0 Å². The van der Waals surface area contributed by atoms with E-state index in [1.165, 1.54) is 0 Å². The van der Waals surface area contributed by atoms with Crippen molar-refractivity contribution in [2.24, 2.45) is 5.73 Å². The Hall–Kier alpha value is -4.06. The fourth-order valence-electron chi connectivity index (χ4n) is 5.27. The van der Waals surface area contributed by atoms with E-state index in [1.807, 2.05) is 10.9 Å².